The number of nitrogens with one attached hydrogen (secondary N) is 2. The first kappa shape index (κ1) is 27.1. The molecule has 1 heterocycles. The number of carbonyl (C=O) groups is 3. The van der Waals surface area contributed by atoms with Crippen LogP contribution in [-0.2, 0) is 4.79 Å². The summed E-state index contributed by atoms with van der Waals surface area (Å²) in [4.78, 5) is 45.4. The topological polar surface area (TPSA) is 94.1 Å². The Morgan fingerprint density at radius 1 is 1.06 bits per heavy atom. The number of hydrogen-bond donors (Lipinski definition) is 2. The highest BCUT2D eigenvalue weighted by Gasteiger charge is 2.42. The molecule has 9 heteroatoms. The third kappa shape index (κ3) is 6.24. The second-order valence-corrected chi connectivity index (χ2v) is 8.82. The van der Waals surface area contributed by atoms with Crippen LogP contribution in [0.4, 0.5) is 0 Å². The molecule has 2 aliphatic rings. The Labute approximate surface area is 213 Å². The molecule has 3 rings (SSSR count). The number of hydrogen-bond acceptors (Lipinski definition) is 4. The summed E-state index contributed by atoms with van der Waals surface area (Å²) in [6, 6.07) is 6.96. The van der Waals surface area contributed by atoms with E-state index in [-0.39, 0.29) is 41.7 Å². The number of nitrogens with zero attached hydrogens (tertiary/aromatic N) is 3. The molecule has 33 heavy (non-hydrogen) atoms. The molecule has 0 spiro atoms. The molecule has 1 saturated carbocycles. The molecule has 2 N–H and O–H groups in total. The number of carbonyl (C=O) groups excluding carboxylic acids is 3. The Kier molecular flexibility index (Phi) is 10.1. The van der Waals surface area contributed by atoms with E-state index in [1.807, 2.05) is 21.0 Å². The average molecular weight is 569 g/mol. The molecular formula is C24H36IN5O3. The second kappa shape index (κ2) is 12.3. The van der Waals surface area contributed by atoms with E-state index in [2.05, 4.69) is 10.6 Å². The number of amides is 3. The van der Waals surface area contributed by atoms with Crippen molar-refractivity contribution in [3.8, 4) is 0 Å². The predicted molar refractivity (Wildman–Crippen MR) is 140 cm³/mol. The van der Waals surface area contributed by atoms with Crippen molar-refractivity contribution in [2.75, 3.05) is 40.3 Å². The molecule has 0 bridgehead atoms. The first-order valence-electron chi connectivity index (χ1n) is 11.6. The zero-order valence-corrected chi connectivity index (χ0v) is 22.2. The highest BCUT2D eigenvalue weighted by molar-refractivity contribution is 14.0. The lowest BCUT2D eigenvalue weighted by Crippen LogP contribution is -2.43. The van der Waals surface area contributed by atoms with E-state index in [1.54, 1.807) is 29.2 Å². The molecule has 1 aromatic carbocycles. The van der Waals surface area contributed by atoms with Crippen LogP contribution in [0.5, 0.6) is 0 Å². The Bertz CT molecular complexity index is 846. The number of fused-ring (bicyclic) bond motifs is 1. The fourth-order valence-corrected chi connectivity index (χ4v) is 4.58. The molecule has 0 atom stereocenters. The van der Waals surface area contributed by atoms with E-state index in [9.17, 15) is 14.4 Å². The lowest BCUT2D eigenvalue weighted by Gasteiger charge is -2.29. The predicted octanol–water partition coefficient (Wildman–Crippen LogP) is 2.88. The van der Waals surface area contributed by atoms with Gasteiger partial charge in [0.05, 0.1) is 23.1 Å². The maximum absolute atomic E-state index is 12.8. The van der Waals surface area contributed by atoms with Gasteiger partial charge in [-0.2, -0.15) is 0 Å². The van der Waals surface area contributed by atoms with Crippen LogP contribution in [0.15, 0.2) is 29.3 Å². The number of benzene rings is 1. The summed E-state index contributed by atoms with van der Waals surface area (Å²) >= 11 is 0. The van der Waals surface area contributed by atoms with Crippen molar-refractivity contribution in [1.29, 1.82) is 0 Å². The van der Waals surface area contributed by atoms with Crippen LogP contribution in [-0.4, -0.2) is 73.8 Å². The largest absolute Gasteiger partial charge is 0.357 e. The van der Waals surface area contributed by atoms with Crippen LogP contribution < -0.4 is 10.6 Å². The molecule has 0 aromatic heterocycles. The van der Waals surface area contributed by atoms with Crippen molar-refractivity contribution in [2.45, 2.75) is 45.4 Å². The summed E-state index contributed by atoms with van der Waals surface area (Å²) < 4.78 is 0. The molecule has 1 aromatic rings. The summed E-state index contributed by atoms with van der Waals surface area (Å²) in [7, 11) is 3.62. The van der Waals surface area contributed by atoms with Gasteiger partial charge in [0, 0.05) is 33.7 Å². The maximum Gasteiger partial charge on any atom is 0.261 e. The van der Waals surface area contributed by atoms with Gasteiger partial charge in [0.1, 0.15) is 0 Å². The lowest BCUT2D eigenvalue weighted by atomic mass is 9.85. The molecule has 1 aliphatic carbocycles. The summed E-state index contributed by atoms with van der Waals surface area (Å²) in [5.41, 5.74) is 0.591. The normalized spacial score (nSPS) is 16.9. The average Bonchev–Trinajstić information content (AvgIpc) is 3.36. The summed E-state index contributed by atoms with van der Waals surface area (Å²) in [6.07, 6.45) is 5.40. The fourth-order valence-electron chi connectivity index (χ4n) is 4.58. The molecule has 0 saturated heterocycles. The van der Waals surface area contributed by atoms with Gasteiger partial charge in [-0.15, -0.1) is 24.0 Å². The van der Waals surface area contributed by atoms with Crippen molar-refractivity contribution < 1.29 is 14.4 Å². The number of guanidine groups is 1. The first-order chi connectivity index (χ1) is 15.4. The molecule has 182 valence electrons. The van der Waals surface area contributed by atoms with Crippen LogP contribution in [0.2, 0.25) is 0 Å². The zero-order chi connectivity index (χ0) is 23.1. The number of halogens is 1. The van der Waals surface area contributed by atoms with Crippen LogP contribution in [0.25, 0.3) is 0 Å². The third-order valence-electron chi connectivity index (χ3n) is 6.28. The van der Waals surface area contributed by atoms with Gasteiger partial charge < -0.3 is 15.5 Å². The minimum Gasteiger partial charge on any atom is -0.357 e. The molecule has 0 unspecified atom stereocenters. The number of imide groups is 1. The smallest absolute Gasteiger partial charge is 0.261 e. The number of unbranched alkanes of at least 4 members (excludes halogenated alkanes) is 1. The first-order valence-corrected chi connectivity index (χ1v) is 11.6. The van der Waals surface area contributed by atoms with Crippen molar-refractivity contribution in [1.82, 2.24) is 20.4 Å². The standard InChI is InChI=1S/C24H35N5O3.HI/c1-4-25-23(27-17-24(13-7-8-14-24)22(32)28(2)3)26-15-9-10-16-29-20(30)18-11-5-6-12-19(18)21(29)31;/h5-6,11-12H,4,7-10,13-17H2,1-3H3,(H2,25,26,27);1H. The maximum atomic E-state index is 12.8. The number of rotatable bonds is 9. The SMILES string of the molecule is CCNC(=NCC1(C(=O)N(C)C)CCCC1)NCCCCN1C(=O)c2ccccc2C1=O.I. The molecule has 1 aliphatic heterocycles. The van der Waals surface area contributed by atoms with Crippen molar-refractivity contribution in [3.05, 3.63) is 35.4 Å². The van der Waals surface area contributed by atoms with Crippen molar-refractivity contribution in [2.24, 2.45) is 10.4 Å². The highest BCUT2D eigenvalue weighted by Crippen LogP contribution is 2.39. The summed E-state index contributed by atoms with van der Waals surface area (Å²) in [6.45, 7) is 4.30. The minimum absolute atomic E-state index is 0. The van der Waals surface area contributed by atoms with Gasteiger partial charge in [0.15, 0.2) is 5.96 Å². The van der Waals surface area contributed by atoms with Gasteiger partial charge >= 0.3 is 0 Å². The van der Waals surface area contributed by atoms with E-state index < -0.39 is 5.41 Å². The third-order valence-corrected chi connectivity index (χ3v) is 6.28. The minimum atomic E-state index is -0.392. The Morgan fingerprint density at radius 3 is 2.21 bits per heavy atom. The summed E-state index contributed by atoms with van der Waals surface area (Å²) in [5.74, 6) is 0.448. The van der Waals surface area contributed by atoms with Crippen molar-refractivity contribution in [3.63, 3.8) is 0 Å². The highest BCUT2D eigenvalue weighted by atomic mass is 127. The van der Waals surface area contributed by atoms with Gasteiger partial charge in [-0.3, -0.25) is 24.3 Å². The van der Waals surface area contributed by atoms with Crippen LogP contribution in [0, 0.1) is 5.41 Å². The number of aliphatic imine (C=N–C) groups is 1. The lowest BCUT2D eigenvalue weighted by molar-refractivity contribution is -0.138. The van der Waals surface area contributed by atoms with Crippen LogP contribution >= 0.6 is 24.0 Å². The van der Waals surface area contributed by atoms with Gasteiger partial charge in [-0.25, -0.2) is 0 Å². The van der Waals surface area contributed by atoms with Gasteiger partial charge in [-0.05, 0) is 44.7 Å². The molecule has 1 fully saturated rings. The summed E-state index contributed by atoms with van der Waals surface area (Å²) in [5, 5.41) is 6.57. The van der Waals surface area contributed by atoms with Gasteiger partial charge in [0.25, 0.3) is 11.8 Å². The zero-order valence-electron chi connectivity index (χ0n) is 19.9. The van der Waals surface area contributed by atoms with Crippen LogP contribution in [0.3, 0.4) is 0 Å². The van der Waals surface area contributed by atoms with E-state index in [0.29, 0.717) is 43.1 Å². The monoisotopic (exact) mass is 569 g/mol. The van der Waals surface area contributed by atoms with E-state index in [4.69, 9.17) is 4.99 Å². The van der Waals surface area contributed by atoms with Gasteiger partial charge in [-0.1, -0.05) is 25.0 Å². The van der Waals surface area contributed by atoms with Crippen LogP contribution in [0.1, 0.15) is 66.2 Å². The fraction of sp³-hybridized carbons (Fsp3) is 0.583. The molecule has 8 nitrogen and oxygen atoms in total. The van der Waals surface area contributed by atoms with Gasteiger partial charge in [0.2, 0.25) is 5.91 Å². The van der Waals surface area contributed by atoms with E-state index >= 15 is 0 Å². The van der Waals surface area contributed by atoms with E-state index in [0.717, 1.165) is 38.6 Å². The molecular weight excluding hydrogens is 533 g/mol. The van der Waals surface area contributed by atoms with Crippen molar-refractivity contribution >= 4 is 47.7 Å². The Hall–Kier alpha value is -2.17. The Balaban J connectivity index is 0.00000385. The second-order valence-electron chi connectivity index (χ2n) is 8.82. The quantitative estimate of drug-likeness (QED) is 0.157. The molecule has 0 radical (unpaired) electrons. The van der Waals surface area contributed by atoms with E-state index in [1.165, 1.54) is 4.90 Å². The Morgan fingerprint density at radius 2 is 1.67 bits per heavy atom. The molecule has 3 amide bonds.